The summed E-state index contributed by atoms with van der Waals surface area (Å²) in [7, 11) is 0. The highest BCUT2D eigenvalue weighted by atomic mass is 79.9. The maximum Gasteiger partial charge on any atom is 0.147 e. The maximum atomic E-state index is 5.75. The Hall–Kier alpha value is -0.150. The molecule has 0 fully saturated rings. The molecular weight excluding hydrogens is 239 g/mol. The van der Waals surface area contributed by atoms with Gasteiger partial charge in [-0.25, -0.2) is 4.98 Å². The first-order chi connectivity index (χ1) is 5.77. The fraction of sp³-hybridized carbons (Fsp3) is 0.500. The Kier molecular flexibility index (Phi) is 2.33. The van der Waals surface area contributed by atoms with E-state index in [2.05, 4.69) is 25.9 Å². The summed E-state index contributed by atoms with van der Waals surface area (Å²) in [5.41, 5.74) is 2.11. The molecule has 0 radical (unpaired) electrons. The van der Waals surface area contributed by atoms with Gasteiger partial charge in [0.15, 0.2) is 0 Å². The monoisotopic (exact) mass is 246 g/mol. The zero-order chi connectivity index (χ0) is 8.55. The summed E-state index contributed by atoms with van der Waals surface area (Å²) in [6, 6.07) is 0. The van der Waals surface area contributed by atoms with Gasteiger partial charge in [-0.1, -0.05) is 27.5 Å². The van der Waals surface area contributed by atoms with Gasteiger partial charge in [-0.05, 0) is 19.3 Å². The van der Waals surface area contributed by atoms with Crippen LogP contribution in [0, 0.1) is 0 Å². The van der Waals surface area contributed by atoms with Crippen molar-refractivity contribution in [2.24, 2.45) is 0 Å². The van der Waals surface area contributed by atoms with E-state index in [-0.39, 0.29) is 0 Å². The number of rotatable bonds is 0. The van der Waals surface area contributed by atoms with E-state index in [1.807, 2.05) is 0 Å². The maximum absolute atomic E-state index is 5.75. The molecule has 2 rings (SSSR count). The van der Waals surface area contributed by atoms with Gasteiger partial charge in [0.2, 0.25) is 0 Å². The lowest BCUT2D eigenvalue weighted by Gasteiger charge is -2.18. The van der Waals surface area contributed by atoms with Crippen LogP contribution >= 0.6 is 27.5 Å². The predicted octanol–water partition coefficient (Wildman–Crippen LogP) is 2.90. The van der Waals surface area contributed by atoms with Crippen LogP contribution in [0.2, 0.25) is 5.15 Å². The number of halogens is 2. The standard InChI is InChI=1S/C8H8BrClN2/c9-5-2-1-3-6-8(5)12-7(10)4-11-6/h4-5H,1-3H2. The highest BCUT2D eigenvalue weighted by Gasteiger charge is 2.20. The second-order valence-electron chi connectivity index (χ2n) is 2.88. The summed E-state index contributed by atoms with van der Waals surface area (Å²) >= 11 is 9.31. The van der Waals surface area contributed by atoms with Crippen molar-refractivity contribution in [3.63, 3.8) is 0 Å². The average Bonchev–Trinajstić information content (AvgIpc) is 2.07. The molecule has 0 saturated heterocycles. The summed E-state index contributed by atoms with van der Waals surface area (Å²) < 4.78 is 0. The van der Waals surface area contributed by atoms with E-state index in [1.165, 1.54) is 6.42 Å². The third-order valence-corrected chi connectivity index (χ3v) is 3.09. The average molecular weight is 248 g/mol. The second-order valence-corrected chi connectivity index (χ2v) is 4.38. The van der Waals surface area contributed by atoms with E-state index in [4.69, 9.17) is 11.6 Å². The molecule has 0 aliphatic heterocycles. The van der Waals surface area contributed by atoms with Gasteiger partial charge >= 0.3 is 0 Å². The van der Waals surface area contributed by atoms with E-state index in [0.717, 1.165) is 24.2 Å². The summed E-state index contributed by atoms with van der Waals surface area (Å²) in [6.07, 6.45) is 4.95. The van der Waals surface area contributed by atoms with Gasteiger partial charge in [0, 0.05) is 0 Å². The highest BCUT2D eigenvalue weighted by molar-refractivity contribution is 9.09. The highest BCUT2D eigenvalue weighted by Crippen LogP contribution is 2.33. The van der Waals surface area contributed by atoms with Crippen LogP contribution in [0.4, 0.5) is 0 Å². The van der Waals surface area contributed by atoms with E-state index in [0.29, 0.717) is 9.98 Å². The second kappa shape index (κ2) is 3.30. The summed E-state index contributed by atoms with van der Waals surface area (Å²) in [5, 5.41) is 0.486. The quantitative estimate of drug-likeness (QED) is 0.659. The number of aromatic nitrogens is 2. The lowest BCUT2D eigenvalue weighted by molar-refractivity contribution is 0.644. The minimum Gasteiger partial charge on any atom is -0.256 e. The summed E-state index contributed by atoms with van der Waals surface area (Å²) in [4.78, 5) is 8.84. The first-order valence-electron chi connectivity index (χ1n) is 3.93. The topological polar surface area (TPSA) is 25.8 Å². The first kappa shape index (κ1) is 8.45. The van der Waals surface area contributed by atoms with Crippen molar-refractivity contribution in [1.82, 2.24) is 9.97 Å². The Morgan fingerprint density at radius 1 is 1.58 bits per heavy atom. The van der Waals surface area contributed by atoms with Gasteiger partial charge in [0.1, 0.15) is 5.15 Å². The molecule has 0 spiro atoms. The molecule has 1 aliphatic carbocycles. The molecule has 0 aromatic carbocycles. The van der Waals surface area contributed by atoms with Crippen molar-refractivity contribution in [3.05, 3.63) is 22.7 Å². The van der Waals surface area contributed by atoms with E-state index < -0.39 is 0 Å². The van der Waals surface area contributed by atoms with Crippen molar-refractivity contribution < 1.29 is 0 Å². The minimum absolute atomic E-state index is 0.340. The van der Waals surface area contributed by atoms with E-state index in [1.54, 1.807) is 6.20 Å². The molecule has 1 aromatic heterocycles. The SMILES string of the molecule is Clc1cnc2c(n1)C(Br)CCC2. The van der Waals surface area contributed by atoms with Crippen molar-refractivity contribution in [2.45, 2.75) is 24.1 Å². The largest absolute Gasteiger partial charge is 0.256 e. The van der Waals surface area contributed by atoms with Crippen molar-refractivity contribution in [1.29, 1.82) is 0 Å². The van der Waals surface area contributed by atoms with E-state index >= 15 is 0 Å². The van der Waals surface area contributed by atoms with Crippen LogP contribution in [0.25, 0.3) is 0 Å². The Morgan fingerprint density at radius 2 is 2.42 bits per heavy atom. The molecule has 0 amide bonds. The van der Waals surface area contributed by atoms with Gasteiger partial charge in [0.25, 0.3) is 0 Å². The number of alkyl halides is 1. The molecule has 12 heavy (non-hydrogen) atoms. The molecule has 1 heterocycles. The van der Waals surface area contributed by atoms with Crippen LogP contribution in [0.15, 0.2) is 6.20 Å². The number of hydrogen-bond acceptors (Lipinski definition) is 2. The lowest BCUT2D eigenvalue weighted by Crippen LogP contribution is -2.09. The Balaban J connectivity index is 2.47. The van der Waals surface area contributed by atoms with Crippen LogP contribution in [0.3, 0.4) is 0 Å². The Bertz CT molecular complexity index is 303. The normalized spacial score (nSPS) is 22.0. The fourth-order valence-corrected chi connectivity index (χ4v) is 2.26. The molecule has 1 aliphatic rings. The zero-order valence-electron chi connectivity index (χ0n) is 6.43. The van der Waals surface area contributed by atoms with Gasteiger partial charge in [0.05, 0.1) is 22.4 Å². The summed E-state index contributed by atoms with van der Waals surface area (Å²) in [6.45, 7) is 0. The van der Waals surface area contributed by atoms with Crippen LogP contribution in [0.5, 0.6) is 0 Å². The number of nitrogens with zero attached hydrogens (tertiary/aromatic N) is 2. The molecule has 64 valence electrons. The third-order valence-electron chi connectivity index (χ3n) is 2.02. The molecule has 1 aromatic rings. The van der Waals surface area contributed by atoms with Crippen LogP contribution < -0.4 is 0 Å². The number of fused-ring (bicyclic) bond motifs is 1. The lowest BCUT2D eigenvalue weighted by atomic mass is 10.0. The van der Waals surface area contributed by atoms with Crippen LogP contribution in [0.1, 0.15) is 29.1 Å². The Labute approximate surface area is 84.5 Å². The van der Waals surface area contributed by atoms with Gasteiger partial charge in [-0.2, -0.15) is 0 Å². The molecule has 0 bridgehead atoms. The molecule has 0 saturated carbocycles. The molecule has 1 atom stereocenters. The van der Waals surface area contributed by atoms with E-state index in [9.17, 15) is 0 Å². The van der Waals surface area contributed by atoms with Crippen LogP contribution in [-0.2, 0) is 6.42 Å². The van der Waals surface area contributed by atoms with Gasteiger partial charge in [-0.3, -0.25) is 4.98 Å². The molecule has 4 heteroatoms. The minimum atomic E-state index is 0.340. The first-order valence-corrected chi connectivity index (χ1v) is 5.22. The van der Waals surface area contributed by atoms with Crippen molar-refractivity contribution >= 4 is 27.5 Å². The number of aryl methyl sites for hydroxylation is 1. The van der Waals surface area contributed by atoms with Gasteiger partial charge < -0.3 is 0 Å². The fourth-order valence-electron chi connectivity index (χ4n) is 1.43. The smallest absolute Gasteiger partial charge is 0.147 e. The molecule has 0 N–H and O–H groups in total. The molecular formula is C8H8BrClN2. The molecule has 1 unspecified atom stereocenters. The predicted molar refractivity (Wildman–Crippen MR) is 51.6 cm³/mol. The Morgan fingerprint density at radius 3 is 3.25 bits per heavy atom. The number of hydrogen-bond donors (Lipinski definition) is 0. The third kappa shape index (κ3) is 1.48. The van der Waals surface area contributed by atoms with Crippen molar-refractivity contribution in [3.8, 4) is 0 Å². The molecule has 2 nitrogen and oxygen atoms in total. The van der Waals surface area contributed by atoms with Gasteiger partial charge in [-0.15, -0.1) is 0 Å². The van der Waals surface area contributed by atoms with Crippen LogP contribution in [-0.4, -0.2) is 9.97 Å². The zero-order valence-corrected chi connectivity index (χ0v) is 8.77. The summed E-state index contributed by atoms with van der Waals surface area (Å²) in [5.74, 6) is 0. The van der Waals surface area contributed by atoms with Crippen molar-refractivity contribution in [2.75, 3.05) is 0 Å².